The molecule has 0 aliphatic carbocycles. The molecule has 1 unspecified atom stereocenters. The van der Waals surface area contributed by atoms with Crippen LogP contribution in [0.2, 0.25) is 0 Å². The SMILES string of the molecule is COCC(C)CNC(=O)c1ccc2c(c1)NCC2. The number of ether oxygens (including phenoxy) is 1. The second kappa shape index (κ2) is 5.87. The Morgan fingerprint density at radius 3 is 3.17 bits per heavy atom. The van der Waals surface area contributed by atoms with Crippen LogP contribution < -0.4 is 10.6 Å². The molecule has 0 saturated heterocycles. The van der Waals surface area contributed by atoms with Crippen LogP contribution in [0.1, 0.15) is 22.8 Å². The van der Waals surface area contributed by atoms with Crippen LogP contribution in [0.15, 0.2) is 18.2 Å². The van der Waals surface area contributed by atoms with Gasteiger partial charge in [-0.25, -0.2) is 0 Å². The largest absolute Gasteiger partial charge is 0.384 e. The molecular formula is C14H20N2O2. The normalized spacial score (nSPS) is 14.8. The Hall–Kier alpha value is -1.55. The van der Waals surface area contributed by atoms with E-state index in [0.717, 1.165) is 18.7 Å². The predicted molar refractivity (Wildman–Crippen MR) is 72.0 cm³/mol. The first-order chi connectivity index (χ1) is 8.70. The van der Waals surface area contributed by atoms with E-state index in [4.69, 9.17) is 4.74 Å². The number of rotatable bonds is 5. The second-order valence-corrected chi connectivity index (χ2v) is 4.82. The van der Waals surface area contributed by atoms with E-state index in [-0.39, 0.29) is 5.91 Å². The van der Waals surface area contributed by atoms with Crippen molar-refractivity contribution in [1.29, 1.82) is 0 Å². The molecule has 4 nitrogen and oxygen atoms in total. The van der Waals surface area contributed by atoms with Gasteiger partial charge in [0.05, 0.1) is 6.61 Å². The molecule has 0 aromatic heterocycles. The van der Waals surface area contributed by atoms with Crippen LogP contribution in [0.3, 0.4) is 0 Å². The Morgan fingerprint density at radius 1 is 1.56 bits per heavy atom. The monoisotopic (exact) mass is 248 g/mol. The van der Waals surface area contributed by atoms with Crippen LogP contribution >= 0.6 is 0 Å². The fraction of sp³-hybridized carbons (Fsp3) is 0.500. The van der Waals surface area contributed by atoms with Gasteiger partial charge < -0.3 is 15.4 Å². The molecule has 1 atom stereocenters. The summed E-state index contributed by atoms with van der Waals surface area (Å²) in [5.41, 5.74) is 3.10. The van der Waals surface area contributed by atoms with Crippen molar-refractivity contribution in [3.63, 3.8) is 0 Å². The minimum Gasteiger partial charge on any atom is -0.384 e. The summed E-state index contributed by atoms with van der Waals surface area (Å²) in [4.78, 5) is 12.0. The number of hydrogen-bond acceptors (Lipinski definition) is 3. The first kappa shape index (κ1) is 12.9. The zero-order chi connectivity index (χ0) is 13.0. The topological polar surface area (TPSA) is 50.4 Å². The summed E-state index contributed by atoms with van der Waals surface area (Å²) in [7, 11) is 1.67. The molecule has 18 heavy (non-hydrogen) atoms. The highest BCUT2D eigenvalue weighted by Gasteiger charge is 2.13. The van der Waals surface area contributed by atoms with Crippen molar-refractivity contribution < 1.29 is 9.53 Å². The summed E-state index contributed by atoms with van der Waals surface area (Å²) in [6.45, 7) is 4.31. The number of nitrogens with one attached hydrogen (secondary N) is 2. The summed E-state index contributed by atoms with van der Waals surface area (Å²) < 4.78 is 5.04. The number of methoxy groups -OCH3 is 1. The molecular weight excluding hydrogens is 228 g/mol. The molecule has 1 heterocycles. The van der Waals surface area contributed by atoms with Gasteiger partial charge in [-0.1, -0.05) is 13.0 Å². The average Bonchev–Trinajstić information content (AvgIpc) is 2.83. The third-order valence-corrected chi connectivity index (χ3v) is 3.14. The van der Waals surface area contributed by atoms with E-state index in [2.05, 4.69) is 10.6 Å². The van der Waals surface area contributed by atoms with E-state index in [1.54, 1.807) is 7.11 Å². The molecule has 0 fully saturated rings. The van der Waals surface area contributed by atoms with E-state index in [1.165, 1.54) is 5.56 Å². The van der Waals surface area contributed by atoms with Crippen LogP contribution in [-0.4, -0.2) is 32.7 Å². The minimum absolute atomic E-state index is 0.0190. The maximum absolute atomic E-state index is 12.0. The molecule has 98 valence electrons. The zero-order valence-corrected chi connectivity index (χ0v) is 11.0. The van der Waals surface area contributed by atoms with Crippen LogP contribution in [0.4, 0.5) is 5.69 Å². The zero-order valence-electron chi connectivity index (χ0n) is 11.0. The number of anilines is 1. The maximum atomic E-state index is 12.0. The summed E-state index contributed by atoms with van der Waals surface area (Å²) in [6, 6.07) is 5.85. The molecule has 1 aliphatic heterocycles. The molecule has 0 spiro atoms. The molecule has 4 heteroatoms. The molecule has 1 aromatic rings. The Bertz CT molecular complexity index is 432. The van der Waals surface area contributed by atoms with Crippen LogP contribution in [0.5, 0.6) is 0 Å². The van der Waals surface area contributed by atoms with Crippen molar-refractivity contribution in [3.05, 3.63) is 29.3 Å². The highest BCUT2D eigenvalue weighted by molar-refractivity contribution is 5.95. The van der Waals surface area contributed by atoms with E-state index in [0.29, 0.717) is 24.6 Å². The van der Waals surface area contributed by atoms with Crippen molar-refractivity contribution in [3.8, 4) is 0 Å². The van der Waals surface area contributed by atoms with Crippen LogP contribution in [-0.2, 0) is 11.2 Å². The van der Waals surface area contributed by atoms with Gasteiger partial charge in [0.1, 0.15) is 0 Å². The van der Waals surface area contributed by atoms with Crippen molar-refractivity contribution in [2.75, 3.05) is 32.1 Å². The first-order valence-electron chi connectivity index (χ1n) is 6.34. The molecule has 0 saturated carbocycles. The molecule has 1 amide bonds. The molecule has 2 N–H and O–H groups in total. The van der Waals surface area contributed by atoms with Crippen molar-refractivity contribution in [2.24, 2.45) is 5.92 Å². The molecule has 0 radical (unpaired) electrons. The van der Waals surface area contributed by atoms with Gasteiger partial charge in [-0.15, -0.1) is 0 Å². The predicted octanol–water partition coefficient (Wildman–Crippen LogP) is 1.67. The molecule has 2 rings (SSSR count). The van der Waals surface area contributed by atoms with Gasteiger partial charge in [0.25, 0.3) is 5.91 Å². The van der Waals surface area contributed by atoms with Gasteiger partial charge in [-0.2, -0.15) is 0 Å². The van der Waals surface area contributed by atoms with E-state index in [9.17, 15) is 4.79 Å². The molecule has 1 aromatic carbocycles. The highest BCUT2D eigenvalue weighted by atomic mass is 16.5. The Balaban J connectivity index is 1.93. The number of carbonyl (C=O) groups is 1. The average molecular weight is 248 g/mol. The van der Waals surface area contributed by atoms with Crippen molar-refractivity contribution in [1.82, 2.24) is 5.32 Å². The lowest BCUT2D eigenvalue weighted by atomic mass is 10.1. The molecule has 0 bridgehead atoms. The third-order valence-electron chi connectivity index (χ3n) is 3.14. The van der Waals surface area contributed by atoms with Gasteiger partial charge in [0, 0.05) is 31.5 Å². The molecule has 1 aliphatic rings. The van der Waals surface area contributed by atoms with E-state index in [1.807, 2.05) is 25.1 Å². The number of hydrogen-bond donors (Lipinski definition) is 2. The van der Waals surface area contributed by atoms with Crippen molar-refractivity contribution >= 4 is 11.6 Å². The fourth-order valence-corrected chi connectivity index (χ4v) is 2.14. The summed E-state index contributed by atoms with van der Waals surface area (Å²) in [6.07, 6.45) is 1.04. The van der Waals surface area contributed by atoms with Gasteiger partial charge in [0.15, 0.2) is 0 Å². The van der Waals surface area contributed by atoms with Gasteiger partial charge in [0.2, 0.25) is 0 Å². The summed E-state index contributed by atoms with van der Waals surface area (Å²) >= 11 is 0. The maximum Gasteiger partial charge on any atom is 0.251 e. The van der Waals surface area contributed by atoms with E-state index < -0.39 is 0 Å². The summed E-state index contributed by atoms with van der Waals surface area (Å²) in [5.74, 6) is 0.306. The minimum atomic E-state index is -0.0190. The van der Waals surface area contributed by atoms with E-state index >= 15 is 0 Å². The Labute approximate surface area is 108 Å². The smallest absolute Gasteiger partial charge is 0.251 e. The van der Waals surface area contributed by atoms with Crippen LogP contribution in [0.25, 0.3) is 0 Å². The van der Waals surface area contributed by atoms with Gasteiger partial charge in [-0.3, -0.25) is 4.79 Å². The standard InChI is InChI=1S/C14H20N2O2/c1-10(9-18-2)8-16-14(17)12-4-3-11-5-6-15-13(11)7-12/h3-4,7,10,15H,5-6,8-9H2,1-2H3,(H,16,17). The third kappa shape index (κ3) is 3.01. The summed E-state index contributed by atoms with van der Waals surface area (Å²) in [5, 5.41) is 6.21. The number of carbonyl (C=O) groups excluding carboxylic acids is 1. The van der Waals surface area contributed by atoms with Gasteiger partial charge in [-0.05, 0) is 30.0 Å². The lowest BCUT2D eigenvalue weighted by Crippen LogP contribution is -2.29. The van der Waals surface area contributed by atoms with Crippen molar-refractivity contribution in [2.45, 2.75) is 13.3 Å². The fourth-order valence-electron chi connectivity index (χ4n) is 2.14. The highest BCUT2D eigenvalue weighted by Crippen LogP contribution is 2.23. The van der Waals surface area contributed by atoms with Crippen LogP contribution in [0, 0.1) is 5.92 Å². The first-order valence-corrected chi connectivity index (χ1v) is 6.34. The number of amides is 1. The Kier molecular flexibility index (Phi) is 4.20. The quantitative estimate of drug-likeness (QED) is 0.833. The Morgan fingerprint density at radius 2 is 2.39 bits per heavy atom. The number of benzene rings is 1. The lowest BCUT2D eigenvalue weighted by Gasteiger charge is -2.12. The van der Waals surface area contributed by atoms with Gasteiger partial charge >= 0.3 is 0 Å². The second-order valence-electron chi connectivity index (χ2n) is 4.82. The number of fused-ring (bicyclic) bond motifs is 1. The lowest BCUT2D eigenvalue weighted by molar-refractivity contribution is 0.0934.